The van der Waals surface area contributed by atoms with Crippen molar-refractivity contribution < 1.29 is 23.8 Å². The van der Waals surface area contributed by atoms with Gasteiger partial charge >= 0.3 is 0 Å². The molecule has 6 nitrogen and oxygen atoms in total. The number of allylic oxidation sites excluding steroid dienone is 2. The third-order valence-corrected chi connectivity index (χ3v) is 6.13. The van der Waals surface area contributed by atoms with Crippen molar-refractivity contribution in [2.24, 2.45) is 5.41 Å². The van der Waals surface area contributed by atoms with Crippen LogP contribution in [0.5, 0.6) is 11.5 Å². The van der Waals surface area contributed by atoms with Gasteiger partial charge in [0.2, 0.25) is 5.91 Å². The fourth-order valence-electron chi connectivity index (χ4n) is 4.67. The molecule has 1 fully saturated rings. The van der Waals surface area contributed by atoms with Gasteiger partial charge in [-0.25, -0.2) is 0 Å². The molecular formula is C24H31NO5. The number of rotatable bonds is 8. The van der Waals surface area contributed by atoms with Gasteiger partial charge in [0.15, 0.2) is 17.3 Å². The number of carbonyl (C=O) groups is 2. The van der Waals surface area contributed by atoms with Crippen LogP contribution in [-0.2, 0) is 14.3 Å². The van der Waals surface area contributed by atoms with Crippen LogP contribution >= 0.6 is 0 Å². The summed E-state index contributed by atoms with van der Waals surface area (Å²) in [6, 6.07) is 5.66. The highest BCUT2D eigenvalue weighted by atomic mass is 16.5. The molecule has 1 aromatic rings. The Morgan fingerprint density at radius 2 is 2.07 bits per heavy atom. The van der Waals surface area contributed by atoms with E-state index in [1.54, 1.807) is 27.4 Å². The molecule has 1 amide bonds. The minimum absolute atomic E-state index is 0.00197. The lowest BCUT2D eigenvalue weighted by molar-refractivity contribution is -0.148. The van der Waals surface area contributed by atoms with Gasteiger partial charge in [0.1, 0.15) is 5.41 Å². The largest absolute Gasteiger partial charge is 0.493 e. The Kier molecular flexibility index (Phi) is 6.98. The first-order valence-corrected chi connectivity index (χ1v) is 10.4. The number of Topliss-reactive ketones (excluding diaryl/α,β-unsaturated/α-hetero) is 1. The molecule has 6 heteroatoms. The quantitative estimate of drug-likeness (QED) is 0.481. The number of amides is 1. The molecule has 0 radical (unpaired) electrons. The van der Waals surface area contributed by atoms with Crippen molar-refractivity contribution in [1.29, 1.82) is 0 Å². The van der Waals surface area contributed by atoms with Crippen molar-refractivity contribution in [3.8, 4) is 11.5 Å². The normalized spacial score (nSPS) is 23.8. The van der Waals surface area contributed by atoms with Gasteiger partial charge < -0.3 is 19.1 Å². The smallest absolute Gasteiger partial charge is 0.240 e. The van der Waals surface area contributed by atoms with Crippen LogP contribution in [0.3, 0.4) is 0 Å². The zero-order valence-electron chi connectivity index (χ0n) is 18.1. The minimum Gasteiger partial charge on any atom is -0.493 e. The number of hydrogen-bond acceptors (Lipinski definition) is 5. The van der Waals surface area contributed by atoms with E-state index in [2.05, 4.69) is 6.58 Å². The number of ether oxygens (including phenoxy) is 3. The molecule has 0 spiro atoms. The first-order chi connectivity index (χ1) is 14.5. The van der Waals surface area contributed by atoms with Crippen molar-refractivity contribution in [2.45, 2.75) is 38.1 Å². The maximum atomic E-state index is 13.8. The van der Waals surface area contributed by atoms with Crippen molar-refractivity contribution in [2.75, 3.05) is 34.5 Å². The SMILES string of the molecule is C=CC[C@@]1(C(=O)N2CCC[C@H]2COC)C=C(c2cccc(OC)c2OC)CCC1=O. The van der Waals surface area contributed by atoms with Gasteiger partial charge in [-0.05, 0) is 37.3 Å². The van der Waals surface area contributed by atoms with Gasteiger partial charge in [-0.2, -0.15) is 0 Å². The first kappa shape index (κ1) is 22.1. The van der Waals surface area contributed by atoms with E-state index in [0.717, 1.165) is 24.0 Å². The van der Waals surface area contributed by atoms with Crippen molar-refractivity contribution in [3.05, 3.63) is 42.5 Å². The molecule has 0 saturated carbocycles. The van der Waals surface area contributed by atoms with Crippen LogP contribution in [0.2, 0.25) is 0 Å². The van der Waals surface area contributed by atoms with Gasteiger partial charge in [-0.3, -0.25) is 9.59 Å². The third-order valence-electron chi connectivity index (χ3n) is 6.13. The summed E-state index contributed by atoms with van der Waals surface area (Å²) < 4.78 is 16.4. The summed E-state index contributed by atoms with van der Waals surface area (Å²) in [6.45, 7) is 4.96. The predicted molar refractivity (Wildman–Crippen MR) is 116 cm³/mol. The standard InChI is InChI=1S/C24H31NO5/c1-5-13-24(23(27)25-14-7-8-18(25)16-28-2)15-17(11-12-21(24)26)19-9-6-10-20(29-3)22(19)30-4/h5-6,9-10,15,18H,1,7-8,11-14,16H2,2-4H3/t18-,24+/m0/s1. The summed E-state index contributed by atoms with van der Waals surface area (Å²) in [5.74, 6) is 1.03. The second kappa shape index (κ2) is 9.47. The molecule has 1 saturated heterocycles. The van der Waals surface area contributed by atoms with E-state index in [-0.39, 0.29) is 24.2 Å². The molecular weight excluding hydrogens is 382 g/mol. The number of benzene rings is 1. The number of ketones is 1. The number of likely N-dealkylation sites (tertiary alicyclic amines) is 1. The molecule has 162 valence electrons. The molecule has 0 N–H and O–H groups in total. The molecule has 1 aromatic carbocycles. The molecule has 1 aliphatic carbocycles. The molecule has 30 heavy (non-hydrogen) atoms. The molecule has 1 heterocycles. The van der Waals surface area contributed by atoms with Crippen LogP contribution < -0.4 is 9.47 Å². The summed E-state index contributed by atoms with van der Waals surface area (Å²) >= 11 is 0. The predicted octanol–water partition coefficient (Wildman–Crippen LogP) is 3.65. The first-order valence-electron chi connectivity index (χ1n) is 10.4. The van der Waals surface area contributed by atoms with Crippen molar-refractivity contribution >= 4 is 17.3 Å². The van der Waals surface area contributed by atoms with Crippen LogP contribution in [0, 0.1) is 5.41 Å². The van der Waals surface area contributed by atoms with Gasteiger partial charge in [-0.15, -0.1) is 6.58 Å². The fraction of sp³-hybridized carbons (Fsp3) is 0.500. The highest BCUT2D eigenvalue weighted by Gasteiger charge is 2.49. The third kappa shape index (κ3) is 3.88. The zero-order valence-corrected chi connectivity index (χ0v) is 18.1. The van der Waals surface area contributed by atoms with E-state index in [1.807, 2.05) is 29.2 Å². The van der Waals surface area contributed by atoms with E-state index in [1.165, 1.54) is 0 Å². The number of carbonyl (C=O) groups excluding carboxylic acids is 2. The molecule has 0 bridgehead atoms. The monoisotopic (exact) mass is 413 g/mol. The van der Waals surface area contributed by atoms with Crippen molar-refractivity contribution in [1.82, 2.24) is 4.90 Å². The Hall–Kier alpha value is -2.60. The Morgan fingerprint density at radius 3 is 2.73 bits per heavy atom. The van der Waals surface area contributed by atoms with Crippen LogP contribution in [0.25, 0.3) is 5.57 Å². The van der Waals surface area contributed by atoms with Crippen LogP contribution in [0.4, 0.5) is 0 Å². The average molecular weight is 414 g/mol. The van der Waals surface area contributed by atoms with E-state index in [4.69, 9.17) is 14.2 Å². The number of nitrogens with zero attached hydrogens (tertiary/aromatic N) is 1. The second-order valence-electron chi connectivity index (χ2n) is 7.85. The zero-order chi connectivity index (χ0) is 21.7. The Bertz CT molecular complexity index is 846. The molecule has 2 aliphatic rings. The van der Waals surface area contributed by atoms with E-state index >= 15 is 0 Å². The topological polar surface area (TPSA) is 65.1 Å². The van der Waals surface area contributed by atoms with Crippen LogP contribution in [0.15, 0.2) is 36.9 Å². The summed E-state index contributed by atoms with van der Waals surface area (Å²) in [5, 5.41) is 0. The average Bonchev–Trinajstić information content (AvgIpc) is 3.22. The summed E-state index contributed by atoms with van der Waals surface area (Å²) in [6.07, 6.45) is 6.44. The number of methoxy groups -OCH3 is 3. The highest BCUT2D eigenvalue weighted by Crippen LogP contribution is 2.44. The van der Waals surface area contributed by atoms with E-state index in [0.29, 0.717) is 37.5 Å². The number of para-hydroxylation sites is 1. The summed E-state index contributed by atoms with van der Waals surface area (Å²) in [5.41, 5.74) is 0.531. The number of hydrogen-bond donors (Lipinski definition) is 0. The summed E-state index contributed by atoms with van der Waals surface area (Å²) in [4.78, 5) is 28.8. The molecule has 0 unspecified atom stereocenters. The summed E-state index contributed by atoms with van der Waals surface area (Å²) in [7, 11) is 4.83. The van der Waals surface area contributed by atoms with Gasteiger partial charge in [-0.1, -0.05) is 24.3 Å². The lowest BCUT2D eigenvalue weighted by atomic mass is 9.70. The van der Waals surface area contributed by atoms with E-state index in [9.17, 15) is 9.59 Å². The van der Waals surface area contributed by atoms with Crippen molar-refractivity contribution in [3.63, 3.8) is 0 Å². The fourth-order valence-corrected chi connectivity index (χ4v) is 4.67. The van der Waals surface area contributed by atoms with E-state index < -0.39 is 5.41 Å². The Balaban J connectivity index is 2.08. The second-order valence-corrected chi connectivity index (χ2v) is 7.85. The maximum absolute atomic E-state index is 13.8. The highest BCUT2D eigenvalue weighted by molar-refractivity contribution is 6.11. The molecule has 0 aromatic heterocycles. The maximum Gasteiger partial charge on any atom is 0.240 e. The minimum atomic E-state index is -1.24. The van der Waals surface area contributed by atoms with Crippen LogP contribution in [-0.4, -0.2) is 57.1 Å². The van der Waals surface area contributed by atoms with Gasteiger partial charge in [0.25, 0.3) is 0 Å². The lowest BCUT2D eigenvalue weighted by Gasteiger charge is -2.37. The molecule has 2 atom stereocenters. The van der Waals surface area contributed by atoms with Gasteiger partial charge in [0, 0.05) is 25.6 Å². The molecule has 3 rings (SSSR count). The van der Waals surface area contributed by atoms with Crippen LogP contribution in [0.1, 0.15) is 37.7 Å². The Labute approximate surface area is 178 Å². The Morgan fingerprint density at radius 1 is 1.27 bits per heavy atom. The molecule has 1 aliphatic heterocycles. The lowest BCUT2D eigenvalue weighted by Crippen LogP contribution is -2.51. The van der Waals surface area contributed by atoms with Gasteiger partial charge in [0.05, 0.1) is 26.9 Å².